The third-order valence-electron chi connectivity index (χ3n) is 21.1. The van der Waals surface area contributed by atoms with Crippen molar-refractivity contribution in [1.82, 2.24) is 65.5 Å². The fraction of sp³-hybridized carbons (Fsp3) is 0.582. The molecular formula is C67H92N20O4. The van der Waals surface area contributed by atoms with Crippen LogP contribution in [0.5, 0.6) is 0 Å². The molecule has 2 amide bonds. The Morgan fingerprint density at radius 1 is 0.538 bits per heavy atom. The van der Waals surface area contributed by atoms with Crippen LogP contribution in [0.25, 0.3) is 22.8 Å². The predicted octanol–water partition coefficient (Wildman–Crippen LogP) is 7.76. The number of nitrogens with one attached hydrogen (secondary N) is 7. The summed E-state index contributed by atoms with van der Waals surface area (Å²) in [5, 5.41) is 31.5. The second-order valence-electron chi connectivity index (χ2n) is 27.8. The molecule has 14 rings (SSSR count). The van der Waals surface area contributed by atoms with Crippen molar-refractivity contribution >= 4 is 57.8 Å². The minimum Gasteiger partial charge on any atom is -0.381 e. The third-order valence-corrected chi connectivity index (χ3v) is 21.1. The molecule has 0 unspecified atom stereocenters. The van der Waals surface area contributed by atoms with Crippen molar-refractivity contribution in [3.63, 3.8) is 0 Å². The van der Waals surface area contributed by atoms with E-state index in [-0.39, 0.29) is 40.6 Å². The highest BCUT2D eigenvalue weighted by Gasteiger charge is 2.48. The number of hydrazine groups is 1. The number of likely N-dealkylation sites (tertiary alicyclic amines) is 3. The van der Waals surface area contributed by atoms with Crippen LogP contribution in [0, 0.1) is 38.5 Å². The standard InChI is InChI=1S/C67H92N20O4/c1-42-34-48(71-63-58(60(68)88)73-56(52-36-44(3)77-79-52)61(75-63)69-46-14-30-90-31-15-46)6-8-55(42)85-24-12-51(13-25-85)86-40-67(41-86)20-28-87(29-21-67)81-65(89)59-64(76-62(70-47-16-32-91-33-17-47)57(74-59)53-37-45(4)78-80-53)72-49-7-9-54(43(2)35-49)84-22-10-50(11-23-84)83-26-18-66(19-27-83)38-82(5)39-66/h6-9,34-37,46-47,50-51H,10-33,38-41H2,1-5H3,(H2,68,88)(H,77,79)(H,78,80)(H,81,89)(H2,69,71,75)(H2,70,72,76). The summed E-state index contributed by atoms with van der Waals surface area (Å²) in [6.45, 7) is 23.5. The van der Waals surface area contributed by atoms with Crippen LogP contribution < -0.4 is 42.2 Å². The average molecular weight is 1240 g/mol. The molecule has 0 saturated carbocycles. The molecule has 4 aromatic heterocycles. The molecule has 8 fully saturated rings. The number of aromatic amines is 2. The third kappa shape index (κ3) is 13.3. The number of benzene rings is 2. The fourth-order valence-corrected chi connectivity index (χ4v) is 15.9. The van der Waals surface area contributed by atoms with E-state index in [0.29, 0.717) is 84.2 Å². The molecule has 484 valence electrons. The molecule has 8 aliphatic rings. The number of aryl methyl sites for hydroxylation is 4. The number of rotatable bonds is 17. The largest absolute Gasteiger partial charge is 0.381 e. The van der Waals surface area contributed by atoms with Gasteiger partial charge in [0, 0.05) is 150 Å². The summed E-state index contributed by atoms with van der Waals surface area (Å²) in [6, 6.07) is 18.1. The zero-order valence-electron chi connectivity index (χ0n) is 53.8. The number of hydrogen-bond donors (Lipinski definition) is 8. The lowest BCUT2D eigenvalue weighted by molar-refractivity contribution is -0.0785. The summed E-state index contributed by atoms with van der Waals surface area (Å²) in [7, 11) is 2.25. The zero-order valence-corrected chi connectivity index (χ0v) is 53.8. The van der Waals surface area contributed by atoms with Gasteiger partial charge in [0.05, 0.1) is 0 Å². The van der Waals surface area contributed by atoms with E-state index in [1.807, 2.05) is 32.0 Å². The average Bonchev–Trinajstić information content (AvgIpc) is 2.20. The lowest BCUT2D eigenvalue weighted by Crippen LogP contribution is -2.65. The van der Waals surface area contributed by atoms with Gasteiger partial charge in [-0.05, 0) is 195 Å². The summed E-state index contributed by atoms with van der Waals surface area (Å²) in [5.41, 5.74) is 20.7. The zero-order chi connectivity index (χ0) is 62.4. The monoisotopic (exact) mass is 1240 g/mol. The van der Waals surface area contributed by atoms with Gasteiger partial charge in [-0.25, -0.2) is 24.9 Å². The molecule has 2 spiro atoms. The van der Waals surface area contributed by atoms with Gasteiger partial charge in [0.1, 0.15) is 22.8 Å². The van der Waals surface area contributed by atoms with Crippen molar-refractivity contribution in [3.05, 3.63) is 82.4 Å². The predicted molar refractivity (Wildman–Crippen MR) is 355 cm³/mol. The SMILES string of the molecule is Cc1cc(-c2nc(C(N)=O)c(Nc3ccc(N4CCC(N5CC6(CCN(NC(=O)c7nc(-c8cc(C)[nH]n8)c(NC8CCOCC8)nc7Nc7ccc(N8CCC(N9CCC%10(CC9)CN(C)C%10)CC8)c(C)c7)CC6)C5)CC4)c(C)c3)nc2NC2CCOCC2)n[nH]1. The van der Waals surface area contributed by atoms with Gasteiger partial charge in [-0.3, -0.25) is 30.1 Å². The van der Waals surface area contributed by atoms with Crippen LogP contribution in [0.1, 0.15) is 121 Å². The molecule has 24 heteroatoms. The highest BCUT2D eigenvalue weighted by atomic mass is 16.5. The minimum absolute atomic E-state index is 0.0436. The highest BCUT2D eigenvalue weighted by molar-refractivity contribution is 5.99. The van der Waals surface area contributed by atoms with Crippen molar-refractivity contribution < 1.29 is 19.1 Å². The Labute approximate surface area is 533 Å². The maximum Gasteiger partial charge on any atom is 0.288 e. The molecule has 12 heterocycles. The van der Waals surface area contributed by atoms with Crippen molar-refractivity contribution in [2.75, 3.05) is 143 Å². The number of primary amides is 1. The maximum atomic E-state index is 14.8. The number of amides is 2. The molecule has 24 nitrogen and oxygen atoms in total. The molecule has 8 aliphatic heterocycles. The molecule has 0 aliphatic carbocycles. The number of nitrogens with two attached hydrogens (primary N) is 1. The molecule has 0 bridgehead atoms. The smallest absolute Gasteiger partial charge is 0.288 e. The van der Waals surface area contributed by atoms with Crippen LogP contribution in [0.4, 0.5) is 46.0 Å². The maximum absolute atomic E-state index is 14.8. The van der Waals surface area contributed by atoms with Gasteiger partial charge in [-0.2, -0.15) is 10.2 Å². The summed E-state index contributed by atoms with van der Waals surface area (Å²) in [5.74, 6) is 0.825. The van der Waals surface area contributed by atoms with Crippen LogP contribution in [0.15, 0.2) is 48.5 Å². The second-order valence-corrected chi connectivity index (χ2v) is 27.8. The van der Waals surface area contributed by atoms with E-state index >= 15 is 0 Å². The van der Waals surface area contributed by atoms with Gasteiger partial charge < -0.3 is 56.1 Å². The van der Waals surface area contributed by atoms with Crippen molar-refractivity contribution in [3.8, 4) is 22.8 Å². The Kier molecular flexibility index (Phi) is 17.4. The highest BCUT2D eigenvalue weighted by Crippen LogP contribution is 2.44. The Morgan fingerprint density at radius 3 is 1.44 bits per heavy atom. The summed E-state index contributed by atoms with van der Waals surface area (Å²) >= 11 is 0. The number of anilines is 8. The normalized spacial score (nSPS) is 21.6. The first kappa shape index (κ1) is 61.0. The van der Waals surface area contributed by atoms with Gasteiger partial charge in [-0.15, -0.1) is 0 Å². The van der Waals surface area contributed by atoms with Crippen LogP contribution in [-0.4, -0.2) is 208 Å². The summed E-state index contributed by atoms with van der Waals surface area (Å²) in [4.78, 5) is 60.9. The Bertz CT molecular complexity index is 3570. The van der Waals surface area contributed by atoms with E-state index < -0.39 is 5.91 Å². The van der Waals surface area contributed by atoms with E-state index in [1.165, 1.54) is 68.8 Å². The molecular weight excluding hydrogens is 1150 g/mol. The second kappa shape index (κ2) is 25.9. The number of ether oxygens (including phenoxy) is 2. The Hall–Kier alpha value is -7.48. The van der Waals surface area contributed by atoms with Gasteiger partial charge in [-0.1, -0.05) is 0 Å². The van der Waals surface area contributed by atoms with Gasteiger partial charge in [0.15, 0.2) is 34.7 Å². The molecule has 9 N–H and O–H groups in total. The van der Waals surface area contributed by atoms with Gasteiger partial charge in [0.2, 0.25) is 0 Å². The van der Waals surface area contributed by atoms with E-state index in [0.717, 1.165) is 132 Å². The summed E-state index contributed by atoms with van der Waals surface area (Å²) in [6.07, 6.45) is 12.5. The Morgan fingerprint density at radius 2 is 0.989 bits per heavy atom. The van der Waals surface area contributed by atoms with E-state index in [4.69, 9.17) is 35.1 Å². The first-order valence-corrected chi connectivity index (χ1v) is 33.5. The molecule has 2 aromatic carbocycles. The van der Waals surface area contributed by atoms with E-state index in [1.54, 1.807) is 0 Å². The van der Waals surface area contributed by atoms with Crippen molar-refractivity contribution in [1.29, 1.82) is 0 Å². The van der Waals surface area contributed by atoms with E-state index in [2.05, 4.69) is 128 Å². The number of nitrogens with zero attached hydrogens (tertiary/aromatic N) is 12. The lowest BCUT2D eigenvalue weighted by atomic mass is 9.71. The first-order valence-electron chi connectivity index (χ1n) is 33.5. The van der Waals surface area contributed by atoms with Crippen LogP contribution in [-0.2, 0) is 9.47 Å². The number of H-pyrrole nitrogens is 2. The number of piperidine rings is 4. The molecule has 0 radical (unpaired) electrons. The van der Waals surface area contributed by atoms with Crippen molar-refractivity contribution in [2.24, 2.45) is 16.6 Å². The number of carbonyl (C=O) groups is 2. The van der Waals surface area contributed by atoms with Crippen molar-refractivity contribution in [2.45, 2.75) is 129 Å². The molecule has 6 aromatic rings. The molecule has 0 atom stereocenters. The minimum atomic E-state index is -0.679. The topological polar surface area (TPSA) is 267 Å². The lowest BCUT2D eigenvalue weighted by Gasteiger charge is -2.57. The van der Waals surface area contributed by atoms with Crippen LogP contribution in [0.2, 0.25) is 0 Å². The molecule has 8 saturated heterocycles. The Balaban J connectivity index is 0.599. The summed E-state index contributed by atoms with van der Waals surface area (Å²) < 4.78 is 11.3. The fourth-order valence-electron chi connectivity index (χ4n) is 15.9. The molecule has 91 heavy (non-hydrogen) atoms. The van der Waals surface area contributed by atoms with E-state index in [9.17, 15) is 9.59 Å². The quantitative estimate of drug-likeness (QED) is 0.0434. The number of hydrogen-bond acceptors (Lipinski definition) is 20. The first-order chi connectivity index (χ1) is 44.2. The van der Waals surface area contributed by atoms with Crippen LogP contribution in [0.3, 0.4) is 0 Å². The van der Waals surface area contributed by atoms with Gasteiger partial charge >= 0.3 is 0 Å². The van der Waals surface area contributed by atoms with Crippen LogP contribution >= 0.6 is 0 Å². The van der Waals surface area contributed by atoms with Gasteiger partial charge in [0.25, 0.3) is 11.8 Å². The number of aromatic nitrogens is 8. The number of carbonyl (C=O) groups excluding carboxylic acids is 2.